The maximum absolute atomic E-state index is 12.5. The van der Waals surface area contributed by atoms with Gasteiger partial charge in [-0.1, -0.05) is 13.3 Å². The van der Waals surface area contributed by atoms with E-state index in [1.165, 1.54) is 12.1 Å². The summed E-state index contributed by atoms with van der Waals surface area (Å²) in [5, 5.41) is 12.8. The van der Waals surface area contributed by atoms with Crippen molar-refractivity contribution in [2.45, 2.75) is 24.7 Å². The van der Waals surface area contributed by atoms with E-state index in [2.05, 4.69) is 26.9 Å². The maximum Gasteiger partial charge on any atom is 0.240 e. The third kappa shape index (κ3) is 6.06. The fourth-order valence-corrected chi connectivity index (χ4v) is 4.25. The number of ether oxygens (including phenoxy) is 3. The minimum Gasteiger partial charge on any atom is -0.497 e. The van der Waals surface area contributed by atoms with Gasteiger partial charge in [0, 0.05) is 18.2 Å². The summed E-state index contributed by atoms with van der Waals surface area (Å²) in [6, 6.07) is 17.1. The lowest BCUT2D eigenvalue weighted by Gasteiger charge is -2.10. The number of hydrogen-bond acceptors (Lipinski definition) is 8. The number of nitrogens with one attached hydrogen (secondary N) is 1. The summed E-state index contributed by atoms with van der Waals surface area (Å²) in [5.74, 6) is 2.25. The second-order valence-corrected chi connectivity index (χ2v) is 9.38. The van der Waals surface area contributed by atoms with Crippen LogP contribution in [0.3, 0.4) is 0 Å². The molecule has 0 unspecified atom stereocenters. The Morgan fingerprint density at radius 2 is 1.63 bits per heavy atom. The first-order valence-corrected chi connectivity index (χ1v) is 12.7. The lowest BCUT2D eigenvalue weighted by Crippen LogP contribution is -2.28. The smallest absolute Gasteiger partial charge is 0.240 e. The Kier molecular flexibility index (Phi) is 7.78. The number of nitrogens with zero attached hydrogens (tertiary/aromatic N) is 4. The van der Waals surface area contributed by atoms with Crippen molar-refractivity contribution in [2.75, 3.05) is 26.9 Å². The molecule has 0 saturated heterocycles. The van der Waals surface area contributed by atoms with Crippen LogP contribution in [0.15, 0.2) is 65.6 Å². The van der Waals surface area contributed by atoms with Crippen LogP contribution >= 0.6 is 0 Å². The topological polar surface area (TPSA) is 117 Å². The molecule has 0 aliphatic carbocycles. The van der Waals surface area contributed by atoms with Crippen molar-refractivity contribution in [1.29, 1.82) is 0 Å². The molecule has 0 amide bonds. The molecule has 1 N–H and O–H groups in total. The molecule has 0 spiro atoms. The first-order valence-electron chi connectivity index (χ1n) is 11.2. The third-order valence-electron chi connectivity index (χ3n) is 5.13. The Bertz CT molecular complexity index is 1360. The Morgan fingerprint density at radius 1 is 0.886 bits per heavy atom. The molecule has 0 saturated carbocycles. The first-order chi connectivity index (χ1) is 17.0. The van der Waals surface area contributed by atoms with Gasteiger partial charge in [-0.05, 0) is 61.0 Å². The van der Waals surface area contributed by atoms with Crippen molar-refractivity contribution >= 4 is 15.7 Å². The van der Waals surface area contributed by atoms with E-state index in [0.29, 0.717) is 29.7 Å². The highest BCUT2D eigenvalue weighted by Crippen LogP contribution is 2.22. The van der Waals surface area contributed by atoms with Crippen LogP contribution in [0, 0.1) is 0 Å². The van der Waals surface area contributed by atoms with Crippen LogP contribution in [0.1, 0.15) is 19.8 Å². The van der Waals surface area contributed by atoms with Gasteiger partial charge < -0.3 is 14.2 Å². The standard InChI is InChI=1S/C24H27N5O5S/c1-3-4-16-33-20-9-11-21(12-10-20)35(30,31)25-15-17-34-23-14-13-22-26-27-24(29(22)28-23)18-5-7-19(32-2)8-6-18/h5-14,25H,3-4,15-17H2,1-2H3. The lowest BCUT2D eigenvalue weighted by molar-refractivity contribution is 0.305. The Labute approximate surface area is 203 Å². The highest BCUT2D eigenvalue weighted by molar-refractivity contribution is 7.89. The highest BCUT2D eigenvalue weighted by atomic mass is 32.2. The van der Waals surface area contributed by atoms with Crippen LogP contribution in [0.5, 0.6) is 17.4 Å². The quantitative estimate of drug-likeness (QED) is 0.296. The average Bonchev–Trinajstić information content (AvgIpc) is 3.30. The molecule has 2 aromatic carbocycles. The van der Waals surface area contributed by atoms with Gasteiger partial charge in [0.1, 0.15) is 18.1 Å². The predicted octanol–water partition coefficient (Wildman–Crippen LogP) is 3.34. The number of benzene rings is 2. The molecule has 2 heterocycles. The van der Waals surface area contributed by atoms with Crippen LogP contribution in [0.2, 0.25) is 0 Å². The second kappa shape index (κ2) is 11.2. The number of rotatable bonds is 12. The highest BCUT2D eigenvalue weighted by Gasteiger charge is 2.14. The van der Waals surface area contributed by atoms with Crippen molar-refractivity contribution in [1.82, 2.24) is 24.5 Å². The molecule has 184 valence electrons. The van der Waals surface area contributed by atoms with E-state index in [-0.39, 0.29) is 18.0 Å². The predicted molar refractivity (Wildman–Crippen MR) is 130 cm³/mol. The molecule has 0 aliphatic rings. The summed E-state index contributed by atoms with van der Waals surface area (Å²) in [7, 11) is -2.07. The fraction of sp³-hybridized carbons (Fsp3) is 0.292. The fourth-order valence-electron chi connectivity index (χ4n) is 3.23. The molecular weight excluding hydrogens is 470 g/mol. The van der Waals surface area contributed by atoms with Gasteiger partial charge in [0.15, 0.2) is 11.5 Å². The number of aromatic nitrogens is 4. The minimum atomic E-state index is -3.67. The van der Waals surface area contributed by atoms with Gasteiger partial charge in [-0.3, -0.25) is 0 Å². The van der Waals surface area contributed by atoms with Crippen molar-refractivity contribution in [3.05, 3.63) is 60.7 Å². The maximum atomic E-state index is 12.5. The number of hydrogen-bond donors (Lipinski definition) is 1. The molecule has 4 rings (SSSR count). The van der Waals surface area contributed by atoms with E-state index in [1.807, 2.05) is 24.3 Å². The molecule has 4 aromatic rings. The number of methoxy groups -OCH3 is 1. The molecule has 11 heteroatoms. The van der Waals surface area contributed by atoms with E-state index < -0.39 is 10.0 Å². The Morgan fingerprint density at radius 3 is 2.34 bits per heavy atom. The number of unbranched alkanes of at least 4 members (excludes halogenated alkanes) is 1. The minimum absolute atomic E-state index is 0.0737. The zero-order valence-corrected chi connectivity index (χ0v) is 20.4. The van der Waals surface area contributed by atoms with Gasteiger partial charge in [-0.15, -0.1) is 15.3 Å². The number of fused-ring (bicyclic) bond motifs is 1. The zero-order valence-electron chi connectivity index (χ0n) is 19.5. The summed E-state index contributed by atoms with van der Waals surface area (Å²) in [5.41, 5.74) is 1.38. The number of sulfonamides is 1. The van der Waals surface area contributed by atoms with E-state index in [0.717, 1.165) is 24.2 Å². The van der Waals surface area contributed by atoms with E-state index >= 15 is 0 Å². The van der Waals surface area contributed by atoms with Crippen molar-refractivity contribution < 1.29 is 22.6 Å². The van der Waals surface area contributed by atoms with Gasteiger partial charge in [-0.25, -0.2) is 13.1 Å². The van der Waals surface area contributed by atoms with Gasteiger partial charge in [0.25, 0.3) is 0 Å². The van der Waals surface area contributed by atoms with Gasteiger partial charge in [-0.2, -0.15) is 4.52 Å². The summed E-state index contributed by atoms with van der Waals surface area (Å²) in [4.78, 5) is 0.161. The molecule has 0 fully saturated rings. The molecule has 10 nitrogen and oxygen atoms in total. The van der Waals surface area contributed by atoms with E-state index in [4.69, 9.17) is 14.2 Å². The molecule has 35 heavy (non-hydrogen) atoms. The largest absolute Gasteiger partial charge is 0.497 e. The zero-order chi connectivity index (χ0) is 24.7. The van der Waals surface area contributed by atoms with Crippen LogP contribution < -0.4 is 18.9 Å². The van der Waals surface area contributed by atoms with Crippen molar-refractivity contribution in [3.63, 3.8) is 0 Å². The van der Waals surface area contributed by atoms with Crippen LogP contribution in [-0.4, -0.2) is 55.1 Å². The average molecular weight is 498 g/mol. The molecule has 0 atom stereocenters. The van der Waals surface area contributed by atoms with Crippen molar-refractivity contribution in [2.24, 2.45) is 0 Å². The first kappa shape index (κ1) is 24.4. The van der Waals surface area contributed by atoms with Crippen LogP contribution in [0.4, 0.5) is 0 Å². The van der Waals surface area contributed by atoms with E-state index in [1.54, 1.807) is 35.9 Å². The summed E-state index contributed by atoms with van der Waals surface area (Å²) >= 11 is 0. The second-order valence-electron chi connectivity index (χ2n) is 7.61. The third-order valence-corrected chi connectivity index (χ3v) is 6.61. The molecule has 0 radical (unpaired) electrons. The van der Waals surface area contributed by atoms with Crippen LogP contribution in [-0.2, 0) is 10.0 Å². The lowest BCUT2D eigenvalue weighted by atomic mass is 10.2. The molecule has 0 aliphatic heterocycles. The van der Waals surface area contributed by atoms with E-state index in [9.17, 15) is 8.42 Å². The van der Waals surface area contributed by atoms with Gasteiger partial charge in [0.2, 0.25) is 15.9 Å². The Balaban J connectivity index is 1.34. The summed E-state index contributed by atoms with van der Waals surface area (Å²) in [6.45, 7) is 2.85. The van der Waals surface area contributed by atoms with Crippen LogP contribution in [0.25, 0.3) is 17.0 Å². The normalized spacial score (nSPS) is 11.5. The summed E-state index contributed by atoms with van der Waals surface area (Å²) < 4.78 is 45.6. The molecule has 0 bridgehead atoms. The summed E-state index contributed by atoms with van der Waals surface area (Å²) in [6.07, 6.45) is 1.98. The Hall–Kier alpha value is -3.70. The molecule has 2 aromatic heterocycles. The molecular formula is C24H27N5O5S. The van der Waals surface area contributed by atoms with Gasteiger partial charge in [0.05, 0.1) is 18.6 Å². The van der Waals surface area contributed by atoms with Crippen molar-refractivity contribution in [3.8, 4) is 28.8 Å². The monoisotopic (exact) mass is 497 g/mol. The van der Waals surface area contributed by atoms with Gasteiger partial charge >= 0.3 is 0 Å². The SMILES string of the molecule is CCCCOc1ccc(S(=O)(=O)NCCOc2ccc3nnc(-c4ccc(OC)cc4)n3n2)cc1.